The minimum atomic E-state index is -1.17. The summed E-state index contributed by atoms with van der Waals surface area (Å²) in [5, 5.41) is 15.0. The van der Waals surface area contributed by atoms with Crippen LogP contribution in [0, 0.1) is 11.8 Å². The lowest BCUT2D eigenvalue weighted by Gasteiger charge is -2.32. The monoisotopic (exact) mass is 354 g/mol. The molecule has 6 heteroatoms. The van der Waals surface area contributed by atoms with Crippen LogP contribution in [0.25, 0.3) is 0 Å². The number of rotatable bonds is 4. The third-order valence-electron chi connectivity index (χ3n) is 4.36. The summed E-state index contributed by atoms with van der Waals surface area (Å²) < 4.78 is 0. The Balaban J connectivity index is 2.06. The van der Waals surface area contributed by atoms with Gasteiger partial charge in [-0.15, -0.1) is 0 Å². The molecule has 0 bridgehead atoms. The van der Waals surface area contributed by atoms with Crippen molar-refractivity contribution in [2.75, 3.05) is 0 Å². The lowest BCUT2D eigenvalue weighted by Crippen LogP contribution is -2.44. The van der Waals surface area contributed by atoms with Gasteiger partial charge in [-0.3, -0.25) is 4.79 Å². The number of carbonyl (C=O) groups excluding carboxylic acids is 2. The van der Waals surface area contributed by atoms with E-state index in [9.17, 15) is 14.7 Å². The third-order valence-corrected chi connectivity index (χ3v) is 5.10. The zero-order valence-corrected chi connectivity index (χ0v) is 14.5. The Morgan fingerprint density at radius 2 is 1.74 bits per heavy atom. The summed E-state index contributed by atoms with van der Waals surface area (Å²) in [7, 11) is 0. The van der Waals surface area contributed by atoms with Crippen molar-refractivity contribution in [3.63, 3.8) is 0 Å². The number of nitrogens with one attached hydrogen (secondary N) is 1. The normalized spacial score (nSPS) is 21.2. The van der Waals surface area contributed by atoms with Crippen LogP contribution >= 0.6 is 23.2 Å². The molecule has 1 aromatic rings. The summed E-state index contributed by atoms with van der Waals surface area (Å²) in [5.74, 6) is -2.84. The largest absolute Gasteiger partial charge is 0.550 e. The summed E-state index contributed by atoms with van der Waals surface area (Å²) in [4.78, 5) is 23.7. The maximum atomic E-state index is 12.4. The topological polar surface area (TPSA) is 69.2 Å². The molecule has 0 heterocycles. The predicted octanol–water partition coefficient (Wildman–Crippen LogP) is 2.72. The van der Waals surface area contributed by atoms with Crippen molar-refractivity contribution in [1.29, 1.82) is 0 Å². The van der Waals surface area contributed by atoms with Crippen molar-refractivity contribution in [3.8, 4) is 0 Å². The first-order valence-corrected chi connectivity index (χ1v) is 8.13. The number of aliphatic carboxylic acids is 1. The van der Waals surface area contributed by atoms with Crippen LogP contribution in [0.2, 0.25) is 10.0 Å². The molecule has 2 atom stereocenters. The van der Waals surface area contributed by atoms with Gasteiger partial charge >= 0.3 is 0 Å². The summed E-state index contributed by atoms with van der Waals surface area (Å²) in [6.07, 6.45) is 0.802. The molecule has 124 valence electrons. The van der Waals surface area contributed by atoms with Crippen LogP contribution in [0.15, 0.2) is 29.3 Å². The van der Waals surface area contributed by atoms with Crippen LogP contribution in [-0.4, -0.2) is 11.9 Å². The standard InChI is InChI=1S/C17H19Cl2NO3/c1-9-5-12(13(17(22)23)6-10(9)2)16(21)20-8-11-3-4-14(18)15(19)7-11/h3-4,7,12-13H,5-6,8H2,1-2H3,(H,20,21)(H,22,23)/p-1/t12-,13-/m0/s1. The van der Waals surface area contributed by atoms with Gasteiger partial charge in [0.15, 0.2) is 0 Å². The van der Waals surface area contributed by atoms with Crippen LogP contribution in [0.5, 0.6) is 0 Å². The smallest absolute Gasteiger partial charge is 0.224 e. The van der Waals surface area contributed by atoms with Crippen molar-refractivity contribution in [1.82, 2.24) is 5.32 Å². The van der Waals surface area contributed by atoms with Crippen molar-refractivity contribution in [2.45, 2.75) is 33.2 Å². The van der Waals surface area contributed by atoms with E-state index in [1.165, 1.54) is 0 Å². The summed E-state index contributed by atoms with van der Waals surface area (Å²) >= 11 is 11.8. The lowest BCUT2D eigenvalue weighted by molar-refractivity contribution is -0.313. The van der Waals surface area contributed by atoms with Crippen molar-refractivity contribution in [3.05, 3.63) is 45.0 Å². The summed E-state index contributed by atoms with van der Waals surface area (Å²) in [6, 6.07) is 5.10. The Bertz CT molecular complexity index is 670. The Morgan fingerprint density at radius 3 is 2.30 bits per heavy atom. The predicted molar refractivity (Wildman–Crippen MR) is 87.9 cm³/mol. The van der Waals surface area contributed by atoms with Gasteiger partial charge in [-0.25, -0.2) is 0 Å². The van der Waals surface area contributed by atoms with E-state index in [1.54, 1.807) is 18.2 Å². The van der Waals surface area contributed by atoms with E-state index in [1.807, 2.05) is 13.8 Å². The number of hydrogen-bond acceptors (Lipinski definition) is 3. The fourth-order valence-corrected chi connectivity index (χ4v) is 3.11. The molecule has 0 saturated heterocycles. The van der Waals surface area contributed by atoms with Gasteiger partial charge in [0.05, 0.1) is 10.0 Å². The number of halogens is 2. The fraction of sp³-hybridized carbons (Fsp3) is 0.412. The molecule has 0 fully saturated rings. The Kier molecular flexibility index (Phi) is 5.71. The molecule has 0 aliphatic heterocycles. The molecule has 1 N–H and O–H groups in total. The minimum Gasteiger partial charge on any atom is -0.550 e. The van der Waals surface area contributed by atoms with Crippen LogP contribution in [0.3, 0.4) is 0 Å². The molecule has 1 aromatic carbocycles. The first-order chi connectivity index (χ1) is 10.8. The number of carboxylic acid groups (broad SMARTS) is 1. The van der Waals surface area contributed by atoms with Gasteiger partial charge in [0.1, 0.15) is 0 Å². The highest BCUT2D eigenvalue weighted by Gasteiger charge is 2.33. The second-order valence-electron chi connectivity index (χ2n) is 5.97. The van der Waals surface area contributed by atoms with Gasteiger partial charge in [0, 0.05) is 24.3 Å². The SMILES string of the molecule is CC1=C(C)C[C@H](C(=O)NCc2ccc(Cl)c(Cl)c2)[C@@H](C(=O)[O-])C1. The third kappa shape index (κ3) is 4.27. The Hall–Kier alpha value is -1.52. The van der Waals surface area contributed by atoms with Crippen molar-refractivity contribution in [2.24, 2.45) is 11.8 Å². The summed E-state index contributed by atoms with van der Waals surface area (Å²) in [6.45, 7) is 4.10. The molecule has 23 heavy (non-hydrogen) atoms. The van der Waals surface area contributed by atoms with E-state index in [0.717, 1.165) is 16.7 Å². The molecule has 1 aliphatic carbocycles. The molecular weight excluding hydrogens is 337 g/mol. The average Bonchev–Trinajstić information content (AvgIpc) is 2.50. The van der Waals surface area contributed by atoms with Crippen molar-refractivity contribution >= 4 is 35.1 Å². The highest BCUT2D eigenvalue weighted by Crippen LogP contribution is 2.34. The van der Waals surface area contributed by atoms with Gasteiger partial charge in [-0.2, -0.15) is 0 Å². The van der Waals surface area contributed by atoms with Gasteiger partial charge in [0.25, 0.3) is 0 Å². The van der Waals surface area contributed by atoms with Crippen LogP contribution in [0.4, 0.5) is 0 Å². The van der Waals surface area contributed by atoms with E-state index < -0.39 is 17.8 Å². The molecular formula is C17H18Cl2NO3-. The maximum absolute atomic E-state index is 12.4. The number of carboxylic acids is 1. The first kappa shape index (κ1) is 17.8. The first-order valence-electron chi connectivity index (χ1n) is 7.37. The number of amides is 1. The van der Waals surface area contributed by atoms with E-state index in [-0.39, 0.29) is 12.5 Å². The molecule has 0 unspecified atom stereocenters. The zero-order chi connectivity index (χ0) is 17.1. The molecule has 1 aliphatic rings. The number of hydrogen-bond donors (Lipinski definition) is 1. The Morgan fingerprint density at radius 1 is 1.13 bits per heavy atom. The summed E-state index contributed by atoms with van der Waals surface area (Å²) in [5.41, 5.74) is 2.89. The second-order valence-corrected chi connectivity index (χ2v) is 6.78. The Labute approximate surface area is 145 Å². The highest BCUT2D eigenvalue weighted by atomic mass is 35.5. The number of benzene rings is 1. The van der Waals surface area contributed by atoms with Crippen LogP contribution < -0.4 is 10.4 Å². The zero-order valence-electron chi connectivity index (χ0n) is 13.0. The maximum Gasteiger partial charge on any atom is 0.224 e. The molecule has 1 amide bonds. The second kappa shape index (κ2) is 7.37. The fourth-order valence-electron chi connectivity index (χ4n) is 2.79. The molecule has 0 radical (unpaired) electrons. The van der Waals surface area contributed by atoms with E-state index in [2.05, 4.69) is 5.32 Å². The van der Waals surface area contributed by atoms with E-state index in [0.29, 0.717) is 22.9 Å². The molecule has 2 rings (SSSR count). The quantitative estimate of drug-likeness (QED) is 0.845. The van der Waals surface area contributed by atoms with Crippen molar-refractivity contribution < 1.29 is 14.7 Å². The average molecular weight is 355 g/mol. The van der Waals surface area contributed by atoms with E-state index in [4.69, 9.17) is 23.2 Å². The molecule has 0 saturated carbocycles. The molecule has 0 spiro atoms. The van der Waals surface area contributed by atoms with Gasteiger partial charge in [-0.1, -0.05) is 40.4 Å². The highest BCUT2D eigenvalue weighted by molar-refractivity contribution is 6.42. The van der Waals surface area contributed by atoms with Gasteiger partial charge < -0.3 is 15.2 Å². The van der Waals surface area contributed by atoms with Gasteiger partial charge in [-0.05, 0) is 44.4 Å². The number of allylic oxidation sites excluding steroid dienone is 2. The number of carbonyl (C=O) groups is 2. The van der Waals surface area contributed by atoms with Crippen LogP contribution in [-0.2, 0) is 16.1 Å². The van der Waals surface area contributed by atoms with E-state index >= 15 is 0 Å². The molecule has 0 aromatic heterocycles. The molecule has 4 nitrogen and oxygen atoms in total. The van der Waals surface area contributed by atoms with Gasteiger partial charge in [0.2, 0.25) is 5.91 Å². The lowest BCUT2D eigenvalue weighted by atomic mass is 9.76. The minimum absolute atomic E-state index is 0.272. The van der Waals surface area contributed by atoms with Crippen LogP contribution in [0.1, 0.15) is 32.3 Å².